The first-order chi connectivity index (χ1) is 13.8. The van der Waals surface area contributed by atoms with Crippen molar-refractivity contribution in [2.75, 3.05) is 16.6 Å². The van der Waals surface area contributed by atoms with E-state index in [-0.39, 0.29) is 12.3 Å². The van der Waals surface area contributed by atoms with Crippen molar-refractivity contribution in [3.8, 4) is 5.75 Å². The first-order valence-electron chi connectivity index (χ1n) is 9.42. The van der Waals surface area contributed by atoms with E-state index in [0.29, 0.717) is 18.0 Å². The lowest BCUT2D eigenvalue weighted by molar-refractivity contribution is -0.117. The zero-order valence-electron chi connectivity index (χ0n) is 16.7. The molecular formula is C20H26N4O4S. The number of hydrogen-bond acceptors (Lipinski definition) is 6. The van der Waals surface area contributed by atoms with Gasteiger partial charge in [-0.15, -0.1) is 0 Å². The Morgan fingerprint density at radius 3 is 2.55 bits per heavy atom. The molecule has 29 heavy (non-hydrogen) atoms. The largest absolute Gasteiger partial charge is 0.494 e. The molecule has 0 radical (unpaired) electrons. The average Bonchev–Trinajstić information content (AvgIpc) is 3.18. The minimum Gasteiger partial charge on any atom is -0.494 e. The summed E-state index contributed by atoms with van der Waals surface area (Å²) >= 11 is 0. The number of benzene rings is 2. The van der Waals surface area contributed by atoms with Crippen LogP contribution in [0.5, 0.6) is 5.75 Å². The standard InChI is InChI=1S/C20H26N4O4S/c1-4-28-16-9-7-15(8-10-16)24-29(26,27)19-12-18(22-23-19)20(25)21-17-11-13(2)5-6-14(17)3/h5-11,18-19,22-24H,4,12H2,1-3H3,(H,21,25). The average molecular weight is 419 g/mol. The second-order valence-electron chi connectivity index (χ2n) is 6.98. The summed E-state index contributed by atoms with van der Waals surface area (Å²) in [6.07, 6.45) is 0.100. The Balaban J connectivity index is 1.61. The zero-order chi connectivity index (χ0) is 21.0. The summed E-state index contributed by atoms with van der Waals surface area (Å²) in [5, 5.41) is 1.92. The summed E-state index contributed by atoms with van der Waals surface area (Å²) in [7, 11) is -3.74. The molecule has 3 rings (SSSR count). The highest BCUT2D eigenvalue weighted by Crippen LogP contribution is 2.21. The van der Waals surface area contributed by atoms with E-state index in [2.05, 4.69) is 20.9 Å². The number of carbonyl (C=O) groups excluding carboxylic acids is 1. The van der Waals surface area contributed by atoms with E-state index < -0.39 is 21.4 Å². The third-order valence-electron chi connectivity index (χ3n) is 4.64. The molecule has 2 atom stereocenters. The van der Waals surface area contributed by atoms with Crippen molar-refractivity contribution in [1.29, 1.82) is 0 Å². The quantitative estimate of drug-likeness (QED) is 0.549. The summed E-state index contributed by atoms with van der Waals surface area (Å²) in [5.41, 5.74) is 8.60. The number of nitrogens with one attached hydrogen (secondary N) is 4. The second-order valence-corrected chi connectivity index (χ2v) is 8.84. The van der Waals surface area contributed by atoms with Crippen molar-refractivity contribution >= 4 is 27.3 Å². The van der Waals surface area contributed by atoms with Gasteiger partial charge in [0.1, 0.15) is 17.2 Å². The molecule has 8 nitrogen and oxygen atoms in total. The fourth-order valence-corrected chi connectivity index (χ4v) is 4.29. The molecule has 1 aliphatic heterocycles. The Hall–Kier alpha value is -2.62. The predicted molar refractivity (Wildman–Crippen MR) is 113 cm³/mol. The van der Waals surface area contributed by atoms with Crippen LogP contribution in [0, 0.1) is 13.8 Å². The smallest absolute Gasteiger partial charge is 0.250 e. The Kier molecular flexibility index (Phi) is 6.41. The topological polar surface area (TPSA) is 109 Å². The minimum atomic E-state index is -3.74. The van der Waals surface area contributed by atoms with E-state index in [1.54, 1.807) is 24.3 Å². The van der Waals surface area contributed by atoms with Crippen LogP contribution in [0.3, 0.4) is 0 Å². The summed E-state index contributed by atoms with van der Waals surface area (Å²) in [6.45, 7) is 6.26. The van der Waals surface area contributed by atoms with Gasteiger partial charge in [-0.1, -0.05) is 12.1 Å². The SMILES string of the molecule is CCOc1ccc(NS(=O)(=O)C2CC(C(=O)Nc3cc(C)ccc3C)NN2)cc1. The number of hydrazine groups is 1. The third-order valence-corrected chi connectivity index (χ3v) is 6.22. The monoisotopic (exact) mass is 418 g/mol. The first-order valence-corrected chi connectivity index (χ1v) is 11.0. The van der Waals surface area contributed by atoms with E-state index in [1.165, 1.54) is 0 Å². The van der Waals surface area contributed by atoms with Crippen LogP contribution in [0.25, 0.3) is 0 Å². The van der Waals surface area contributed by atoms with Gasteiger partial charge in [0.25, 0.3) is 0 Å². The van der Waals surface area contributed by atoms with Gasteiger partial charge in [0, 0.05) is 17.8 Å². The van der Waals surface area contributed by atoms with E-state index in [9.17, 15) is 13.2 Å². The number of ether oxygens (including phenoxy) is 1. The molecule has 1 aliphatic rings. The number of aryl methyl sites for hydroxylation is 2. The van der Waals surface area contributed by atoms with Gasteiger partial charge < -0.3 is 10.1 Å². The highest BCUT2D eigenvalue weighted by molar-refractivity contribution is 7.93. The Morgan fingerprint density at radius 1 is 1.14 bits per heavy atom. The van der Waals surface area contributed by atoms with Crippen LogP contribution in [0.15, 0.2) is 42.5 Å². The fourth-order valence-electron chi connectivity index (χ4n) is 3.01. The number of rotatable bonds is 7. The van der Waals surface area contributed by atoms with Crippen molar-refractivity contribution in [2.45, 2.75) is 38.6 Å². The molecule has 0 aliphatic carbocycles. The van der Waals surface area contributed by atoms with E-state index >= 15 is 0 Å². The molecule has 0 saturated carbocycles. The lowest BCUT2D eigenvalue weighted by Gasteiger charge is -2.14. The number of amides is 1. The molecule has 2 unspecified atom stereocenters. The van der Waals surface area contributed by atoms with Crippen molar-refractivity contribution in [1.82, 2.24) is 10.9 Å². The van der Waals surface area contributed by atoms with Crippen LogP contribution in [0.1, 0.15) is 24.5 Å². The fraction of sp³-hybridized carbons (Fsp3) is 0.350. The van der Waals surface area contributed by atoms with Crippen LogP contribution >= 0.6 is 0 Å². The van der Waals surface area contributed by atoms with Gasteiger partial charge in [0.05, 0.1) is 6.61 Å². The van der Waals surface area contributed by atoms with Gasteiger partial charge in [-0.25, -0.2) is 19.3 Å². The second kappa shape index (κ2) is 8.81. The Bertz CT molecular complexity index is 976. The molecule has 0 aromatic heterocycles. The van der Waals surface area contributed by atoms with Crippen LogP contribution in [-0.2, 0) is 14.8 Å². The molecule has 2 aromatic carbocycles. The molecule has 0 bridgehead atoms. The number of carbonyl (C=O) groups is 1. The normalized spacial score (nSPS) is 19.0. The third kappa shape index (κ3) is 5.26. The van der Waals surface area contributed by atoms with Crippen molar-refractivity contribution in [2.24, 2.45) is 0 Å². The Morgan fingerprint density at radius 2 is 1.86 bits per heavy atom. The van der Waals surface area contributed by atoms with Crippen molar-refractivity contribution in [3.05, 3.63) is 53.6 Å². The van der Waals surface area contributed by atoms with Crippen LogP contribution in [-0.4, -0.2) is 32.3 Å². The maximum absolute atomic E-state index is 12.7. The van der Waals surface area contributed by atoms with E-state index in [1.807, 2.05) is 39.0 Å². The van der Waals surface area contributed by atoms with Crippen LogP contribution < -0.4 is 25.6 Å². The lowest BCUT2D eigenvalue weighted by Crippen LogP contribution is -2.42. The van der Waals surface area contributed by atoms with E-state index in [0.717, 1.165) is 16.8 Å². The van der Waals surface area contributed by atoms with Gasteiger partial charge >= 0.3 is 0 Å². The Labute approximate surface area is 171 Å². The number of hydrogen-bond donors (Lipinski definition) is 4. The van der Waals surface area contributed by atoms with E-state index in [4.69, 9.17) is 4.74 Å². The maximum Gasteiger partial charge on any atom is 0.250 e. The minimum absolute atomic E-state index is 0.100. The summed E-state index contributed by atoms with van der Waals surface area (Å²) < 4.78 is 33.2. The molecule has 9 heteroatoms. The molecule has 4 N–H and O–H groups in total. The summed E-state index contributed by atoms with van der Waals surface area (Å²) in [5.74, 6) is 0.379. The molecule has 1 saturated heterocycles. The van der Waals surface area contributed by atoms with Gasteiger partial charge in [0.15, 0.2) is 0 Å². The van der Waals surface area contributed by atoms with Gasteiger partial charge in [0.2, 0.25) is 15.9 Å². The van der Waals surface area contributed by atoms with Gasteiger partial charge in [-0.05, 0) is 62.2 Å². The number of anilines is 2. The van der Waals surface area contributed by atoms with Crippen LogP contribution in [0.2, 0.25) is 0 Å². The molecule has 1 heterocycles. The molecule has 2 aromatic rings. The summed E-state index contributed by atoms with van der Waals surface area (Å²) in [4.78, 5) is 12.6. The van der Waals surface area contributed by atoms with Crippen molar-refractivity contribution in [3.63, 3.8) is 0 Å². The lowest BCUT2D eigenvalue weighted by atomic mass is 10.1. The predicted octanol–water partition coefficient (Wildman–Crippen LogP) is 2.28. The van der Waals surface area contributed by atoms with Gasteiger partial charge in [-0.3, -0.25) is 9.52 Å². The molecule has 1 fully saturated rings. The molecular weight excluding hydrogens is 392 g/mol. The zero-order valence-corrected chi connectivity index (χ0v) is 17.5. The first kappa shape index (κ1) is 21.1. The number of sulfonamides is 1. The molecule has 156 valence electrons. The summed E-state index contributed by atoms with van der Waals surface area (Å²) in [6, 6.07) is 11.8. The van der Waals surface area contributed by atoms with Gasteiger partial charge in [-0.2, -0.15) is 0 Å². The van der Waals surface area contributed by atoms with Crippen LogP contribution in [0.4, 0.5) is 11.4 Å². The maximum atomic E-state index is 12.7. The molecule has 0 spiro atoms. The van der Waals surface area contributed by atoms with Crippen molar-refractivity contribution < 1.29 is 17.9 Å². The highest BCUT2D eigenvalue weighted by atomic mass is 32.2. The molecule has 1 amide bonds. The highest BCUT2D eigenvalue weighted by Gasteiger charge is 2.37.